The van der Waals surface area contributed by atoms with Gasteiger partial charge in [0.1, 0.15) is 5.03 Å². The lowest BCUT2D eigenvalue weighted by molar-refractivity contribution is 0.112. The van der Waals surface area contributed by atoms with E-state index < -0.39 is 0 Å². The number of aryl methyl sites for hydroxylation is 3. The molecule has 0 spiro atoms. The number of carbonyl (C=O) groups excluding carboxylic acids is 1. The predicted molar refractivity (Wildman–Crippen MR) is 74.1 cm³/mol. The lowest BCUT2D eigenvalue weighted by Crippen LogP contribution is -1.94. The van der Waals surface area contributed by atoms with Crippen molar-refractivity contribution in [3.05, 3.63) is 46.6 Å². The van der Waals surface area contributed by atoms with Crippen LogP contribution in [0.3, 0.4) is 0 Å². The average molecular weight is 260 g/mol. The van der Waals surface area contributed by atoms with Crippen molar-refractivity contribution < 1.29 is 4.79 Å². The molecule has 0 N–H and O–H groups in total. The van der Waals surface area contributed by atoms with Gasteiger partial charge in [0.15, 0.2) is 6.29 Å². The summed E-state index contributed by atoms with van der Waals surface area (Å²) in [4.78, 5) is 11.1. The van der Waals surface area contributed by atoms with Gasteiger partial charge in [-0.1, -0.05) is 24.3 Å². The highest BCUT2D eigenvalue weighted by molar-refractivity contribution is 7.98. The summed E-state index contributed by atoms with van der Waals surface area (Å²) in [6, 6.07) is 8.30. The first-order valence-corrected chi connectivity index (χ1v) is 6.78. The minimum absolute atomic E-state index is 0.705. The highest BCUT2D eigenvalue weighted by atomic mass is 32.2. The van der Waals surface area contributed by atoms with Gasteiger partial charge in [0.05, 0.1) is 11.3 Å². The lowest BCUT2D eigenvalue weighted by atomic mass is 10.1. The van der Waals surface area contributed by atoms with E-state index in [1.165, 1.54) is 11.1 Å². The number of benzene rings is 1. The number of carbonyl (C=O) groups is 1. The number of aldehydes is 1. The van der Waals surface area contributed by atoms with Crippen molar-refractivity contribution in [1.82, 2.24) is 9.78 Å². The van der Waals surface area contributed by atoms with Crippen LogP contribution in [-0.4, -0.2) is 16.1 Å². The number of aromatic nitrogens is 2. The van der Waals surface area contributed by atoms with E-state index >= 15 is 0 Å². The minimum Gasteiger partial charge on any atom is -0.298 e. The van der Waals surface area contributed by atoms with Crippen molar-refractivity contribution in [2.45, 2.75) is 24.6 Å². The molecule has 0 radical (unpaired) electrons. The van der Waals surface area contributed by atoms with Crippen molar-refractivity contribution in [1.29, 1.82) is 0 Å². The smallest absolute Gasteiger partial charge is 0.154 e. The fraction of sp³-hybridized carbons (Fsp3) is 0.286. The minimum atomic E-state index is 0.705. The van der Waals surface area contributed by atoms with Crippen LogP contribution in [0.25, 0.3) is 0 Å². The Morgan fingerprint density at radius 2 is 2.06 bits per heavy atom. The third-order valence-electron chi connectivity index (χ3n) is 2.96. The van der Waals surface area contributed by atoms with Crippen LogP contribution in [0.5, 0.6) is 0 Å². The largest absolute Gasteiger partial charge is 0.298 e. The molecule has 2 rings (SSSR count). The van der Waals surface area contributed by atoms with E-state index in [9.17, 15) is 4.79 Å². The molecule has 3 nitrogen and oxygen atoms in total. The Labute approximate surface area is 111 Å². The second-order valence-corrected chi connectivity index (χ2v) is 5.22. The second-order valence-electron chi connectivity index (χ2n) is 4.26. The zero-order valence-electron chi connectivity index (χ0n) is 10.8. The topological polar surface area (TPSA) is 34.9 Å². The quantitative estimate of drug-likeness (QED) is 0.625. The van der Waals surface area contributed by atoms with Gasteiger partial charge in [-0.25, -0.2) is 0 Å². The molecule has 94 valence electrons. The van der Waals surface area contributed by atoms with Crippen LogP contribution in [0.1, 0.15) is 27.2 Å². The summed E-state index contributed by atoms with van der Waals surface area (Å²) in [5.41, 5.74) is 4.06. The van der Waals surface area contributed by atoms with Gasteiger partial charge in [-0.15, -0.1) is 11.8 Å². The summed E-state index contributed by atoms with van der Waals surface area (Å²) in [7, 11) is 1.88. The molecule has 1 aromatic heterocycles. The first-order chi connectivity index (χ1) is 8.63. The van der Waals surface area contributed by atoms with Gasteiger partial charge in [-0.3, -0.25) is 9.48 Å². The maximum atomic E-state index is 11.1. The van der Waals surface area contributed by atoms with E-state index in [0.717, 1.165) is 22.8 Å². The summed E-state index contributed by atoms with van der Waals surface area (Å²) in [6.07, 6.45) is 0.891. The Morgan fingerprint density at radius 1 is 1.33 bits per heavy atom. The fourth-order valence-electron chi connectivity index (χ4n) is 1.88. The number of rotatable bonds is 4. The fourth-order valence-corrected chi connectivity index (χ4v) is 3.07. The van der Waals surface area contributed by atoms with Crippen LogP contribution in [0, 0.1) is 13.8 Å². The van der Waals surface area contributed by atoms with Gasteiger partial charge >= 0.3 is 0 Å². The normalized spacial score (nSPS) is 10.6. The molecule has 1 aromatic carbocycles. The van der Waals surface area contributed by atoms with Gasteiger partial charge < -0.3 is 0 Å². The van der Waals surface area contributed by atoms with Crippen molar-refractivity contribution >= 4 is 18.0 Å². The summed E-state index contributed by atoms with van der Waals surface area (Å²) >= 11 is 1.66. The lowest BCUT2D eigenvalue weighted by Gasteiger charge is -2.06. The predicted octanol–water partition coefficient (Wildman–Crippen LogP) is 3.14. The molecule has 0 aliphatic rings. The molecule has 0 fully saturated rings. The summed E-state index contributed by atoms with van der Waals surface area (Å²) in [5, 5.41) is 5.22. The number of nitrogens with zero attached hydrogens (tertiary/aromatic N) is 2. The van der Waals surface area contributed by atoms with Gasteiger partial charge in [0, 0.05) is 12.8 Å². The molecule has 1 heterocycles. The monoisotopic (exact) mass is 260 g/mol. The second kappa shape index (κ2) is 5.40. The van der Waals surface area contributed by atoms with Crippen LogP contribution < -0.4 is 0 Å². The van der Waals surface area contributed by atoms with Crippen molar-refractivity contribution in [2.24, 2.45) is 7.05 Å². The van der Waals surface area contributed by atoms with Crippen LogP contribution >= 0.6 is 11.8 Å². The highest BCUT2D eigenvalue weighted by Gasteiger charge is 2.13. The maximum Gasteiger partial charge on any atom is 0.154 e. The molecule has 0 aliphatic heterocycles. The Bertz CT molecular complexity index is 575. The summed E-state index contributed by atoms with van der Waals surface area (Å²) in [6.45, 7) is 3.96. The van der Waals surface area contributed by atoms with E-state index in [1.54, 1.807) is 16.4 Å². The summed E-state index contributed by atoms with van der Waals surface area (Å²) in [5.74, 6) is 0.854. The van der Waals surface area contributed by atoms with E-state index in [-0.39, 0.29) is 0 Å². The zero-order chi connectivity index (χ0) is 13.1. The molecule has 18 heavy (non-hydrogen) atoms. The number of hydrogen-bond acceptors (Lipinski definition) is 3. The van der Waals surface area contributed by atoms with Crippen LogP contribution in [-0.2, 0) is 12.8 Å². The van der Waals surface area contributed by atoms with E-state index in [2.05, 4.69) is 24.2 Å². The molecule has 0 bridgehead atoms. The SMILES string of the molecule is Cc1ccccc1CSc1c(C=O)c(C)nn1C. The van der Waals surface area contributed by atoms with Crippen LogP contribution in [0.2, 0.25) is 0 Å². The van der Waals surface area contributed by atoms with Crippen molar-refractivity contribution in [3.8, 4) is 0 Å². The molecule has 0 atom stereocenters. The first kappa shape index (κ1) is 12.9. The van der Waals surface area contributed by atoms with Gasteiger partial charge in [0.25, 0.3) is 0 Å². The third-order valence-corrected chi connectivity index (χ3v) is 4.17. The molecule has 0 amide bonds. The molecule has 0 saturated heterocycles. The molecule has 4 heteroatoms. The number of hydrogen-bond donors (Lipinski definition) is 0. The average Bonchev–Trinajstić information content (AvgIpc) is 2.62. The van der Waals surface area contributed by atoms with E-state index in [0.29, 0.717) is 5.56 Å². The highest BCUT2D eigenvalue weighted by Crippen LogP contribution is 2.27. The van der Waals surface area contributed by atoms with Crippen LogP contribution in [0.15, 0.2) is 29.3 Å². The van der Waals surface area contributed by atoms with Crippen molar-refractivity contribution in [3.63, 3.8) is 0 Å². The molecular formula is C14H16N2OS. The number of thioether (sulfide) groups is 1. The molecule has 2 aromatic rings. The molecule has 0 saturated carbocycles. The standard InChI is InChI=1S/C14H16N2OS/c1-10-6-4-5-7-12(10)9-18-14-13(8-17)11(2)15-16(14)3/h4-8H,9H2,1-3H3. The van der Waals surface area contributed by atoms with Gasteiger partial charge in [0.2, 0.25) is 0 Å². The summed E-state index contributed by atoms with van der Waals surface area (Å²) < 4.78 is 1.78. The molecule has 0 aliphatic carbocycles. The van der Waals surface area contributed by atoms with E-state index in [4.69, 9.17) is 0 Å². The Hall–Kier alpha value is -1.55. The Balaban J connectivity index is 2.21. The maximum absolute atomic E-state index is 11.1. The first-order valence-electron chi connectivity index (χ1n) is 5.79. The van der Waals surface area contributed by atoms with Gasteiger partial charge in [-0.2, -0.15) is 5.10 Å². The van der Waals surface area contributed by atoms with Gasteiger partial charge in [-0.05, 0) is 25.0 Å². The Kier molecular flexibility index (Phi) is 3.87. The molecular weight excluding hydrogens is 244 g/mol. The Morgan fingerprint density at radius 3 is 2.72 bits per heavy atom. The van der Waals surface area contributed by atoms with Crippen molar-refractivity contribution in [2.75, 3.05) is 0 Å². The van der Waals surface area contributed by atoms with Crippen LogP contribution in [0.4, 0.5) is 0 Å². The third kappa shape index (κ3) is 2.48. The zero-order valence-corrected chi connectivity index (χ0v) is 11.6. The molecule has 0 unspecified atom stereocenters. The van der Waals surface area contributed by atoms with E-state index in [1.807, 2.05) is 26.1 Å².